The van der Waals surface area contributed by atoms with Gasteiger partial charge < -0.3 is 11.1 Å². The van der Waals surface area contributed by atoms with E-state index in [-0.39, 0.29) is 6.04 Å². The minimum Gasteiger partial charge on any atom is -0.384 e. The molecule has 7 nitrogen and oxygen atoms in total. The standard InChI is InChI=1S/C24H21N7/c1-16(17-8-4-2-5-9-17)27-23-26-14-12-19(28-23)22-21(18-10-6-3-7-11-18)30-24-29-20(25)13-15-31(22)24/h2-16H,1H3,(H2,25,29,30)(H,26,27,28). The van der Waals surface area contributed by atoms with E-state index in [4.69, 9.17) is 15.7 Å². The van der Waals surface area contributed by atoms with Gasteiger partial charge in [-0.05, 0) is 24.6 Å². The van der Waals surface area contributed by atoms with Crippen molar-refractivity contribution in [3.8, 4) is 22.6 Å². The number of hydrogen-bond acceptors (Lipinski definition) is 6. The number of nitrogen functional groups attached to an aromatic ring is 1. The lowest BCUT2D eigenvalue weighted by Crippen LogP contribution is -2.09. The second kappa shape index (κ2) is 7.87. The summed E-state index contributed by atoms with van der Waals surface area (Å²) in [5.74, 6) is 1.50. The number of hydrogen-bond donors (Lipinski definition) is 2. The molecule has 0 saturated heterocycles. The van der Waals surface area contributed by atoms with Crippen LogP contribution in [0.25, 0.3) is 28.4 Å². The number of fused-ring (bicyclic) bond motifs is 1. The molecule has 2 aromatic carbocycles. The lowest BCUT2D eigenvalue weighted by molar-refractivity contribution is 0.860. The third-order valence-corrected chi connectivity index (χ3v) is 5.11. The Hall–Kier alpha value is -4.26. The summed E-state index contributed by atoms with van der Waals surface area (Å²) in [7, 11) is 0. The highest BCUT2D eigenvalue weighted by atomic mass is 15.2. The first-order chi connectivity index (χ1) is 15.2. The van der Waals surface area contributed by atoms with Crippen molar-refractivity contribution in [1.82, 2.24) is 24.3 Å². The molecule has 0 bridgehead atoms. The van der Waals surface area contributed by atoms with Crippen molar-refractivity contribution in [3.63, 3.8) is 0 Å². The molecule has 3 aromatic heterocycles. The first kappa shape index (κ1) is 18.7. The molecule has 0 fully saturated rings. The van der Waals surface area contributed by atoms with Gasteiger partial charge in [-0.15, -0.1) is 0 Å². The Kier molecular flexibility index (Phi) is 4.76. The molecule has 0 radical (unpaired) electrons. The number of nitrogens with one attached hydrogen (secondary N) is 1. The van der Waals surface area contributed by atoms with Gasteiger partial charge in [-0.1, -0.05) is 60.7 Å². The third kappa shape index (κ3) is 3.69. The minimum atomic E-state index is 0.0636. The maximum Gasteiger partial charge on any atom is 0.236 e. The summed E-state index contributed by atoms with van der Waals surface area (Å²) in [6, 6.07) is 23.9. The van der Waals surface area contributed by atoms with E-state index in [9.17, 15) is 0 Å². The fraction of sp³-hybridized carbons (Fsp3) is 0.0833. The SMILES string of the molecule is CC(Nc1nccc(-c2c(-c3ccccc3)nc3nc(N)ccn23)n1)c1ccccc1. The van der Waals surface area contributed by atoms with Gasteiger partial charge in [0.2, 0.25) is 11.7 Å². The summed E-state index contributed by atoms with van der Waals surface area (Å²) in [6.07, 6.45) is 3.62. The molecule has 152 valence electrons. The van der Waals surface area contributed by atoms with Crippen LogP contribution in [0.4, 0.5) is 11.8 Å². The molecule has 1 atom stereocenters. The van der Waals surface area contributed by atoms with E-state index < -0.39 is 0 Å². The molecule has 5 rings (SSSR count). The molecule has 0 aliphatic carbocycles. The summed E-state index contributed by atoms with van der Waals surface area (Å²) in [5.41, 5.74) is 10.4. The molecule has 0 aliphatic heterocycles. The second-order valence-corrected chi connectivity index (χ2v) is 7.24. The van der Waals surface area contributed by atoms with Gasteiger partial charge in [0.05, 0.1) is 11.7 Å². The van der Waals surface area contributed by atoms with Gasteiger partial charge in [-0.3, -0.25) is 4.40 Å². The van der Waals surface area contributed by atoms with Crippen molar-refractivity contribution in [3.05, 3.63) is 90.8 Å². The van der Waals surface area contributed by atoms with Crippen molar-refractivity contribution < 1.29 is 0 Å². The smallest absolute Gasteiger partial charge is 0.236 e. The molecular weight excluding hydrogens is 386 g/mol. The van der Waals surface area contributed by atoms with Gasteiger partial charge in [0.15, 0.2) is 0 Å². The van der Waals surface area contributed by atoms with Crippen molar-refractivity contribution in [2.75, 3.05) is 11.1 Å². The Morgan fingerprint density at radius 3 is 2.39 bits per heavy atom. The number of nitrogens with two attached hydrogens (primary N) is 1. The molecule has 0 spiro atoms. The average molecular weight is 407 g/mol. The number of aromatic nitrogens is 5. The van der Waals surface area contributed by atoms with Crippen molar-refractivity contribution in [1.29, 1.82) is 0 Å². The van der Waals surface area contributed by atoms with E-state index in [0.29, 0.717) is 17.5 Å². The van der Waals surface area contributed by atoms with Crippen LogP contribution in [-0.2, 0) is 0 Å². The maximum atomic E-state index is 5.89. The second-order valence-electron chi connectivity index (χ2n) is 7.24. The maximum absolute atomic E-state index is 5.89. The first-order valence-corrected chi connectivity index (χ1v) is 10.0. The number of anilines is 2. The van der Waals surface area contributed by atoms with Gasteiger partial charge in [-0.2, -0.15) is 4.98 Å². The molecule has 0 amide bonds. The molecule has 5 aromatic rings. The highest BCUT2D eigenvalue weighted by molar-refractivity contribution is 5.80. The zero-order chi connectivity index (χ0) is 21.2. The Balaban J connectivity index is 1.60. The molecule has 0 aliphatic rings. The van der Waals surface area contributed by atoms with E-state index >= 15 is 0 Å². The number of rotatable bonds is 5. The number of benzene rings is 2. The molecular formula is C24H21N7. The zero-order valence-electron chi connectivity index (χ0n) is 17.0. The Morgan fingerprint density at radius 1 is 0.871 bits per heavy atom. The molecule has 0 saturated carbocycles. The van der Waals surface area contributed by atoms with Gasteiger partial charge in [0.1, 0.15) is 17.2 Å². The van der Waals surface area contributed by atoms with Gasteiger partial charge in [-0.25, -0.2) is 15.0 Å². The summed E-state index contributed by atoms with van der Waals surface area (Å²) >= 11 is 0. The van der Waals surface area contributed by atoms with E-state index in [1.54, 1.807) is 12.3 Å². The first-order valence-electron chi connectivity index (χ1n) is 10.0. The average Bonchev–Trinajstić information content (AvgIpc) is 3.19. The molecule has 3 N–H and O–H groups in total. The van der Waals surface area contributed by atoms with Crippen LogP contribution in [-0.4, -0.2) is 24.3 Å². The van der Waals surface area contributed by atoms with Gasteiger partial charge >= 0.3 is 0 Å². The van der Waals surface area contributed by atoms with Crippen LogP contribution >= 0.6 is 0 Å². The third-order valence-electron chi connectivity index (χ3n) is 5.11. The van der Waals surface area contributed by atoms with Gasteiger partial charge in [0, 0.05) is 18.0 Å². The molecule has 1 unspecified atom stereocenters. The van der Waals surface area contributed by atoms with Crippen LogP contribution in [0.2, 0.25) is 0 Å². The van der Waals surface area contributed by atoms with E-state index in [2.05, 4.69) is 34.3 Å². The monoisotopic (exact) mass is 407 g/mol. The Labute approximate surface area is 179 Å². The van der Waals surface area contributed by atoms with Crippen molar-refractivity contribution >= 4 is 17.5 Å². The largest absolute Gasteiger partial charge is 0.384 e. The summed E-state index contributed by atoms with van der Waals surface area (Å²) in [6.45, 7) is 2.09. The van der Waals surface area contributed by atoms with E-state index in [1.165, 1.54) is 0 Å². The molecule has 3 heterocycles. The molecule has 7 heteroatoms. The highest BCUT2D eigenvalue weighted by Crippen LogP contribution is 2.32. The van der Waals surface area contributed by atoms with Crippen LogP contribution in [0.15, 0.2) is 85.2 Å². The fourth-order valence-electron chi connectivity index (χ4n) is 3.57. The van der Waals surface area contributed by atoms with Crippen LogP contribution in [0.5, 0.6) is 0 Å². The van der Waals surface area contributed by atoms with Crippen molar-refractivity contribution in [2.45, 2.75) is 13.0 Å². The normalized spacial score (nSPS) is 12.0. The number of imidazole rings is 1. The predicted octanol–water partition coefficient (Wildman–Crippen LogP) is 4.61. The molecule has 31 heavy (non-hydrogen) atoms. The highest BCUT2D eigenvalue weighted by Gasteiger charge is 2.19. The van der Waals surface area contributed by atoms with E-state index in [0.717, 1.165) is 28.2 Å². The minimum absolute atomic E-state index is 0.0636. The van der Waals surface area contributed by atoms with Crippen LogP contribution in [0.3, 0.4) is 0 Å². The fourth-order valence-corrected chi connectivity index (χ4v) is 3.57. The number of nitrogens with zero attached hydrogens (tertiary/aromatic N) is 5. The lowest BCUT2D eigenvalue weighted by Gasteiger charge is -2.14. The summed E-state index contributed by atoms with van der Waals surface area (Å²) in [5, 5.41) is 3.39. The summed E-state index contributed by atoms with van der Waals surface area (Å²) in [4.78, 5) is 18.4. The van der Waals surface area contributed by atoms with Crippen LogP contribution in [0, 0.1) is 0 Å². The Bertz CT molecular complexity index is 1330. The van der Waals surface area contributed by atoms with Gasteiger partial charge in [0.25, 0.3) is 0 Å². The Morgan fingerprint density at radius 2 is 1.61 bits per heavy atom. The van der Waals surface area contributed by atoms with E-state index in [1.807, 2.05) is 65.2 Å². The zero-order valence-corrected chi connectivity index (χ0v) is 17.0. The van der Waals surface area contributed by atoms with Crippen LogP contribution in [0.1, 0.15) is 18.5 Å². The van der Waals surface area contributed by atoms with Crippen LogP contribution < -0.4 is 11.1 Å². The lowest BCUT2D eigenvalue weighted by atomic mass is 10.1. The quantitative estimate of drug-likeness (QED) is 0.442. The van der Waals surface area contributed by atoms with Crippen molar-refractivity contribution in [2.24, 2.45) is 0 Å². The summed E-state index contributed by atoms with van der Waals surface area (Å²) < 4.78 is 1.91. The topological polar surface area (TPSA) is 94.0 Å². The predicted molar refractivity (Wildman–Crippen MR) is 122 cm³/mol.